The maximum Gasteiger partial charge on any atom is 0.240 e. The Hall–Kier alpha value is -2.69. The van der Waals surface area contributed by atoms with E-state index in [1.807, 2.05) is 30.3 Å². The van der Waals surface area contributed by atoms with Gasteiger partial charge in [-0.25, -0.2) is 18.1 Å². The van der Waals surface area contributed by atoms with Crippen LogP contribution in [0, 0.1) is 0 Å². The fraction of sp³-hybridized carbons (Fsp3) is 0.286. The summed E-state index contributed by atoms with van der Waals surface area (Å²) in [7, 11) is -3.56. The minimum atomic E-state index is -3.56. The maximum atomic E-state index is 12.4. The predicted octanol–water partition coefficient (Wildman–Crippen LogP) is 2.17. The van der Waals surface area contributed by atoms with Crippen LogP contribution in [0.3, 0.4) is 0 Å². The van der Waals surface area contributed by atoms with Crippen LogP contribution in [0.15, 0.2) is 71.0 Å². The molecule has 0 aliphatic rings. The van der Waals surface area contributed by atoms with Crippen molar-refractivity contribution in [2.24, 2.45) is 0 Å². The molecule has 2 aromatic carbocycles. The van der Waals surface area contributed by atoms with Crippen LogP contribution in [0.2, 0.25) is 0 Å². The van der Waals surface area contributed by atoms with Gasteiger partial charge in [0, 0.05) is 25.3 Å². The molecule has 3 rings (SSSR count). The van der Waals surface area contributed by atoms with Crippen molar-refractivity contribution in [1.29, 1.82) is 0 Å². The smallest absolute Gasteiger partial charge is 0.240 e. The molecule has 0 bridgehead atoms. The number of aromatic amines is 1. The monoisotopic (exact) mass is 459 g/mol. The normalized spacial score (nSPS) is 11.4. The lowest BCUT2D eigenvalue weighted by atomic mass is 10.1. The number of H-pyrrole nitrogens is 1. The molecule has 0 unspecified atom stereocenters. The average molecular weight is 460 g/mol. The van der Waals surface area contributed by atoms with Gasteiger partial charge in [0.1, 0.15) is 6.33 Å². The lowest BCUT2D eigenvalue weighted by molar-refractivity contribution is -0.120. The summed E-state index contributed by atoms with van der Waals surface area (Å²) in [6.45, 7) is 0.874. The highest BCUT2D eigenvalue weighted by Gasteiger charge is 2.13. The van der Waals surface area contributed by atoms with Gasteiger partial charge in [-0.15, -0.1) is 0 Å². The molecular weight excluding hydrogens is 434 g/mol. The summed E-state index contributed by atoms with van der Waals surface area (Å²) in [4.78, 5) is 16.2. The molecule has 3 aromatic rings. The van der Waals surface area contributed by atoms with Crippen molar-refractivity contribution in [3.63, 3.8) is 0 Å². The zero-order chi connectivity index (χ0) is 21.9. The van der Waals surface area contributed by atoms with Gasteiger partial charge in [-0.2, -0.15) is 5.10 Å². The summed E-state index contributed by atoms with van der Waals surface area (Å²) >= 11 is 1.48. The first-order valence-corrected chi connectivity index (χ1v) is 12.4. The number of hydrogen-bond donors (Lipinski definition) is 3. The van der Waals surface area contributed by atoms with Gasteiger partial charge in [0.2, 0.25) is 15.9 Å². The first kappa shape index (κ1) is 23.0. The summed E-state index contributed by atoms with van der Waals surface area (Å²) < 4.78 is 27.5. The molecule has 10 heteroatoms. The fourth-order valence-corrected chi connectivity index (χ4v) is 4.51. The molecule has 8 nitrogen and oxygen atoms in total. The Morgan fingerprint density at radius 2 is 1.71 bits per heavy atom. The molecule has 0 aliphatic heterocycles. The summed E-state index contributed by atoms with van der Waals surface area (Å²) in [5.74, 6) is 0.655. The summed E-state index contributed by atoms with van der Waals surface area (Å²) in [6, 6.07) is 16.4. The molecule has 1 aromatic heterocycles. The third kappa shape index (κ3) is 7.82. The number of hydrogen-bond acceptors (Lipinski definition) is 6. The first-order valence-electron chi connectivity index (χ1n) is 9.90. The van der Waals surface area contributed by atoms with Gasteiger partial charge in [-0.1, -0.05) is 54.2 Å². The number of aryl methyl sites for hydroxylation is 1. The van der Waals surface area contributed by atoms with Crippen LogP contribution in [0.5, 0.6) is 0 Å². The zero-order valence-electron chi connectivity index (χ0n) is 17.0. The Bertz CT molecular complexity index is 1040. The predicted molar refractivity (Wildman–Crippen MR) is 120 cm³/mol. The van der Waals surface area contributed by atoms with Gasteiger partial charge in [-0.05, 0) is 36.1 Å². The number of nitrogens with one attached hydrogen (secondary N) is 3. The highest BCUT2D eigenvalue weighted by molar-refractivity contribution is 7.99. The Morgan fingerprint density at radius 3 is 2.42 bits per heavy atom. The van der Waals surface area contributed by atoms with Crippen LogP contribution >= 0.6 is 11.8 Å². The minimum absolute atomic E-state index is 0.0440. The molecule has 0 radical (unpaired) electrons. The summed E-state index contributed by atoms with van der Waals surface area (Å²) in [5.41, 5.74) is 1.99. The maximum absolute atomic E-state index is 12.4. The SMILES string of the molecule is O=C(CCc1ccc(S(=O)(=O)NCCc2ccccc2)cc1)NCCSc1ncn[nH]1. The minimum Gasteiger partial charge on any atom is -0.355 e. The van der Waals surface area contributed by atoms with E-state index in [1.54, 1.807) is 24.3 Å². The second kappa shape index (κ2) is 11.6. The molecule has 3 N–H and O–H groups in total. The molecule has 1 heterocycles. The van der Waals surface area contributed by atoms with Gasteiger partial charge in [0.05, 0.1) is 4.90 Å². The Labute approximate surface area is 186 Å². The molecule has 1 amide bonds. The van der Waals surface area contributed by atoms with Crippen molar-refractivity contribution in [3.8, 4) is 0 Å². The highest BCUT2D eigenvalue weighted by Crippen LogP contribution is 2.12. The third-order valence-electron chi connectivity index (χ3n) is 4.48. The second-order valence-electron chi connectivity index (χ2n) is 6.77. The standard InChI is InChI=1S/C21H25N5O3S2/c27-20(22-14-15-30-21-23-16-24-26-21)11-8-18-6-9-19(10-7-18)31(28,29)25-13-12-17-4-2-1-3-5-17/h1-7,9-10,16,25H,8,11-15H2,(H,22,27)(H,23,24,26). The zero-order valence-corrected chi connectivity index (χ0v) is 18.6. The molecule has 0 saturated carbocycles. The number of aromatic nitrogens is 3. The Morgan fingerprint density at radius 1 is 0.968 bits per heavy atom. The van der Waals surface area contributed by atoms with Crippen molar-refractivity contribution < 1.29 is 13.2 Å². The van der Waals surface area contributed by atoms with E-state index in [-0.39, 0.29) is 10.8 Å². The van der Waals surface area contributed by atoms with Crippen LogP contribution < -0.4 is 10.0 Å². The van der Waals surface area contributed by atoms with Crippen LogP contribution in [0.25, 0.3) is 0 Å². The van der Waals surface area contributed by atoms with Crippen molar-refractivity contribution in [1.82, 2.24) is 25.2 Å². The number of thioether (sulfide) groups is 1. The van der Waals surface area contributed by atoms with E-state index in [1.165, 1.54) is 18.1 Å². The van der Waals surface area contributed by atoms with E-state index in [2.05, 4.69) is 25.2 Å². The topological polar surface area (TPSA) is 117 Å². The van der Waals surface area contributed by atoms with E-state index in [0.717, 1.165) is 16.3 Å². The molecule has 164 valence electrons. The second-order valence-corrected chi connectivity index (χ2v) is 9.62. The number of sulfonamides is 1. The molecule has 0 atom stereocenters. The van der Waals surface area contributed by atoms with Crippen LogP contribution in [0.4, 0.5) is 0 Å². The molecule has 0 fully saturated rings. The first-order chi connectivity index (χ1) is 15.0. The molecule has 0 saturated heterocycles. The lowest BCUT2D eigenvalue weighted by Crippen LogP contribution is -2.26. The number of amides is 1. The van der Waals surface area contributed by atoms with Crippen molar-refractivity contribution >= 4 is 27.7 Å². The van der Waals surface area contributed by atoms with Gasteiger partial charge in [0.15, 0.2) is 5.16 Å². The number of benzene rings is 2. The van der Waals surface area contributed by atoms with E-state index < -0.39 is 10.0 Å². The highest BCUT2D eigenvalue weighted by atomic mass is 32.2. The van der Waals surface area contributed by atoms with Gasteiger partial charge in [0.25, 0.3) is 0 Å². The van der Waals surface area contributed by atoms with E-state index in [4.69, 9.17) is 0 Å². The largest absolute Gasteiger partial charge is 0.355 e. The van der Waals surface area contributed by atoms with Crippen LogP contribution in [0.1, 0.15) is 17.5 Å². The Balaban J connectivity index is 1.37. The number of rotatable bonds is 12. The van der Waals surface area contributed by atoms with E-state index >= 15 is 0 Å². The van der Waals surface area contributed by atoms with Crippen LogP contribution in [-0.2, 0) is 27.7 Å². The fourth-order valence-electron chi connectivity index (χ4n) is 2.84. The third-order valence-corrected chi connectivity index (χ3v) is 6.83. The number of carbonyl (C=O) groups is 1. The molecule has 0 spiro atoms. The van der Waals surface area contributed by atoms with Gasteiger partial charge < -0.3 is 5.32 Å². The van der Waals surface area contributed by atoms with Crippen molar-refractivity contribution in [2.45, 2.75) is 29.3 Å². The van der Waals surface area contributed by atoms with E-state index in [0.29, 0.717) is 38.1 Å². The Kier molecular flexibility index (Phi) is 8.63. The molecule has 0 aliphatic carbocycles. The number of carbonyl (C=O) groups excluding carboxylic acids is 1. The van der Waals surface area contributed by atoms with Crippen molar-refractivity contribution in [2.75, 3.05) is 18.8 Å². The van der Waals surface area contributed by atoms with Crippen LogP contribution in [-0.4, -0.2) is 48.3 Å². The summed E-state index contributed by atoms with van der Waals surface area (Å²) in [6.07, 6.45) is 2.96. The van der Waals surface area contributed by atoms with E-state index in [9.17, 15) is 13.2 Å². The van der Waals surface area contributed by atoms with Gasteiger partial charge in [-0.3, -0.25) is 9.89 Å². The number of nitrogens with zero attached hydrogens (tertiary/aromatic N) is 2. The van der Waals surface area contributed by atoms with Crippen molar-refractivity contribution in [3.05, 3.63) is 72.1 Å². The quantitative estimate of drug-likeness (QED) is 0.282. The average Bonchev–Trinajstić information content (AvgIpc) is 3.30. The lowest BCUT2D eigenvalue weighted by Gasteiger charge is -2.08. The molecule has 31 heavy (non-hydrogen) atoms. The van der Waals surface area contributed by atoms with Gasteiger partial charge >= 0.3 is 0 Å². The molecular formula is C21H25N5O3S2. The summed E-state index contributed by atoms with van der Waals surface area (Å²) in [5, 5.41) is 10.1.